The fraction of sp³-hybridized carbons (Fsp3) is 0.429. The highest BCUT2D eigenvalue weighted by Crippen LogP contribution is 2.12. The molecule has 0 saturated carbocycles. The van der Waals surface area contributed by atoms with Gasteiger partial charge in [0.25, 0.3) is 0 Å². The molecule has 2 N–H and O–H groups in total. The molecule has 19 heavy (non-hydrogen) atoms. The maximum atomic E-state index is 9.48. The normalized spacial score (nSPS) is 12.5. The van der Waals surface area contributed by atoms with E-state index in [-0.39, 0.29) is 12.6 Å². The van der Waals surface area contributed by atoms with Crippen LogP contribution in [0.4, 0.5) is 0 Å². The Hall–Kier alpha value is -1.72. The van der Waals surface area contributed by atoms with Crippen molar-refractivity contribution in [3.05, 3.63) is 48.0 Å². The fourth-order valence-electron chi connectivity index (χ4n) is 2.01. The van der Waals surface area contributed by atoms with Crippen molar-refractivity contribution in [1.29, 1.82) is 0 Å². The standard InChI is InChI=1S/C14H20N4O/c1-2-8-18-14(16-11-17-18)9-15-13(10-19)12-6-4-3-5-7-12/h3-7,11,13,15,19H,2,8-10H2,1H3. The Morgan fingerprint density at radius 2 is 2.11 bits per heavy atom. The Labute approximate surface area is 113 Å². The van der Waals surface area contributed by atoms with Gasteiger partial charge in [0.05, 0.1) is 19.2 Å². The summed E-state index contributed by atoms with van der Waals surface area (Å²) in [6.07, 6.45) is 2.60. The van der Waals surface area contributed by atoms with Crippen LogP contribution in [0, 0.1) is 0 Å². The van der Waals surface area contributed by atoms with Crippen molar-refractivity contribution in [2.24, 2.45) is 0 Å². The molecular formula is C14H20N4O. The van der Waals surface area contributed by atoms with Gasteiger partial charge in [-0.1, -0.05) is 37.3 Å². The third-order valence-corrected chi connectivity index (χ3v) is 3.02. The monoisotopic (exact) mass is 260 g/mol. The smallest absolute Gasteiger partial charge is 0.140 e. The van der Waals surface area contributed by atoms with Gasteiger partial charge in [-0.2, -0.15) is 5.10 Å². The largest absolute Gasteiger partial charge is 0.394 e. The van der Waals surface area contributed by atoms with E-state index in [4.69, 9.17) is 0 Å². The van der Waals surface area contributed by atoms with Gasteiger partial charge >= 0.3 is 0 Å². The van der Waals surface area contributed by atoms with Crippen LogP contribution in [0.5, 0.6) is 0 Å². The SMILES string of the molecule is CCCn1ncnc1CNC(CO)c1ccccc1. The average Bonchev–Trinajstić information content (AvgIpc) is 2.89. The van der Waals surface area contributed by atoms with E-state index >= 15 is 0 Å². The van der Waals surface area contributed by atoms with Crippen molar-refractivity contribution in [3.8, 4) is 0 Å². The Morgan fingerprint density at radius 3 is 2.79 bits per heavy atom. The number of aliphatic hydroxyl groups is 1. The number of aliphatic hydroxyl groups excluding tert-OH is 1. The van der Waals surface area contributed by atoms with Crippen LogP contribution in [0.15, 0.2) is 36.7 Å². The van der Waals surface area contributed by atoms with Gasteiger partial charge in [0.1, 0.15) is 12.2 Å². The molecule has 1 aromatic heterocycles. The van der Waals surface area contributed by atoms with Crippen LogP contribution in [0.3, 0.4) is 0 Å². The molecule has 0 radical (unpaired) electrons. The molecule has 1 heterocycles. The molecule has 0 amide bonds. The number of aryl methyl sites for hydroxylation is 1. The zero-order valence-electron chi connectivity index (χ0n) is 11.2. The number of nitrogens with zero attached hydrogens (tertiary/aromatic N) is 3. The van der Waals surface area contributed by atoms with Crippen LogP contribution in [0.1, 0.15) is 30.8 Å². The van der Waals surface area contributed by atoms with Gasteiger partial charge < -0.3 is 10.4 Å². The van der Waals surface area contributed by atoms with E-state index in [1.807, 2.05) is 35.0 Å². The Balaban J connectivity index is 1.98. The molecule has 5 heteroatoms. The minimum atomic E-state index is -0.0759. The van der Waals surface area contributed by atoms with Crippen molar-refractivity contribution in [2.45, 2.75) is 32.5 Å². The van der Waals surface area contributed by atoms with Crippen LogP contribution in [-0.2, 0) is 13.1 Å². The number of hydrogen-bond acceptors (Lipinski definition) is 4. The summed E-state index contributed by atoms with van der Waals surface area (Å²) in [4.78, 5) is 4.24. The van der Waals surface area contributed by atoms with Crippen LogP contribution in [0.25, 0.3) is 0 Å². The van der Waals surface area contributed by atoms with Crippen molar-refractivity contribution < 1.29 is 5.11 Å². The zero-order chi connectivity index (χ0) is 13.5. The van der Waals surface area contributed by atoms with E-state index in [1.54, 1.807) is 6.33 Å². The minimum absolute atomic E-state index is 0.0614. The molecule has 102 valence electrons. The maximum absolute atomic E-state index is 9.48. The summed E-state index contributed by atoms with van der Waals surface area (Å²) >= 11 is 0. The topological polar surface area (TPSA) is 63.0 Å². The van der Waals surface area contributed by atoms with Crippen molar-refractivity contribution in [3.63, 3.8) is 0 Å². The van der Waals surface area contributed by atoms with Crippen LogP contribution in [-0.4, -0.2) is 26.5 Å². The number of hydrogen-bond donors (Lipinski definition) is 2. The van der Waals surface area contributed by atoms with Crippen LogP contribution < -0.4 is 5.32 Å². The molecule has 5 nitrogen and oxygen atoms in total. The first-order valence-corrected chi connectivity index (χ1v) is 6.61. The zero-order valence-corrected chi connectivity index (χ0v) is 11.2. The minimum Gasteiger partial charge on any atom is -0.394 e. The van der Waals surface area contributed by atoms with Crippen LogP contribution >= 0.6 is 0 Å². The molecule has 2 aromatic rings. The summed E-state index contributed by atoms with van der Waals surface area (Å²) < 4.78 is 1.90. The molecule has 0 spiro atoms. The van der Waals surface area contributed by atoms with Gasteiger partial charge in [-0.3, -0.25) is 0 Å². The number of benzene rings is 1. The highest BCUT2D eigenvalue weighted by Gasteiger charge is 2.11. The molecule has 0 aliphatic carbocycles. The summed E-state index contributed by atoms with van der Waals surface area (Å²) in [5.41, 5.74) is 1.08. The average molecular weight is 260 g/mol. The maximum Gasteiger partial charge on any atom is 0.140 e. The summed E-state index contributed by atoms with van der Waals surface area (Å²) in [7, 11) is 0. The van der Waals surface area contributed by atoms with Gasteiger partial charge in [0.15, 0.2) is 0 Å². The summed E-state index contributed by atoms with van der Waals surface area (Å²) in [5.74, 6) is 0.899. The van der Waals surface area contributed by atoms with E-state index in [2.05, 4.69) is 22.3 Å². The summed E-state index contributed by atoms with van der Waals surface area (Å²) in [5, 5.41) is 17.0. The van der Waals surface area contributed by atoms with E-state index in [9.17, 15) is 5.11 Å². The molecule has 0 fully saturated rings. The van der Waals surface area contributed by atoms with Crippen molar-refractivity contribution in [2.75, 3.05) is 6.61 Å². The molecule has 0 aliphatic heterocycles. The summed E-state index contributed by atoms with van der Waals surface area (Å²) in [6.45, 7) is 3.64. The van der Waals surface area contributed by atoms with Gasteiger partial charge in [-0.15, -0.1) is 0 Å². The quantitative estimate of drug-likeness (QED) is 0.792. The molecule has 0 bridgehead atoms. The predicted molar refractivity (Wildman–Crippen MR) is 73.4 cm³/mol. The van der Waals surface area contributed by atoms with E-state index in [1.165, 1.54) is 0 Å². The first-order valence-electron chi connectivity index (χ1n) is 6.61. The number of rotatable bonds is 7. The molecule has 2 rings (SSSR count). The summed E-state index contributed by atoms with van der Waals surface area (Å²) in [6, 6.07) is 9.84. The van der Waals surface area contributed by atoms with Gasteiger partial charge in [0.2, 0.25) is 0 Å². The predicted octanol–water partition coefficient (Wildman–Crippen LogP) is 1.51. The lowest BCUT2D eigenvalue weighted by Crippen LogP contribution is -2.25. The Bertz CT molecular complexity index is 483. The molecular weight excluding hydrogens is 240 g/mol. The lowest BCUT2D eigenvalue weighted by Gasteiger charge is -2.16. The Morgan fingerprint density at radius 1 is 1.32 bits per heavy atom. The highest BCUT2D eigenvalue weighted by atomic mass is 16.3. The first kappa shape index (κ1) is 13.7. The van der Waals surface area contributed by atoms with Crippen molar-refractivity contribution >= 4 is 0 Å². The van der Waals surface area contributed by atoms with E-state index in [0.29, 0.717) is 6.54 Å². The fourth-order valence-corrected chi connectivity index (χ4v) is 2.01. The van der Waals surface area contributed by atoms with Crippen LogP contribution in [0.2, 0.25) is 0 Å². The van der Waals surface area contributed by atoms with Gasteiger partial charge in [0, 0.05) is 6.54 Å². The molecule has 0 aliphatic rings. The van der Waals surface area contributed by atoms with Crippen molar-refractivity contribution in [1.82, 2.24) is 20.1 Å². The third kappa shape index (κ3) is 3.62. The second-order valence-corrected chi connectivity index (χ2v) is 4.43. The lowest BCUT2D eigenvalue weighted by atomic mass is 10.1. The molecule has 1 atom stereocenters. The lowest BCUT2D eigenvalue weighted by molar-refractivity contribution is 0.242. The third-order valence-electron chi connectivity index (χ3n) is 3.02. The Kier molecular flexibility index (Phi) is 5.06. The molecule has 0 saturated heterocycles. The highest BCUT2D eigenvalue weighted by molar-refractivity contribution is 5.18. The van der Waals surface area contributed by atoms with Gasteiger partial charge in [-0.05, 0) is 12.0 Å². The number of nitrogens with one attached hydrogen (secondary N) is 1. The van der Waals surface area contributed by atoms with Gasteiger partial charge in [-0.25, -0.2) is 9.67 Å². The first-order chi connectivity index (χ1) is 9.35. The second kappa shape index (κ2) is 7.01. The van der Waals surface area contributed by atoms with E-state index in [0.717, 1.165) is 24.4 Å². The molecule has 1 aromatic carbocycles. The molecule has 1 unspecified atom stereocenters. The van der Waals surface area contributed by atoms with E-state index < -0.39 is 0 Å². The second-order valence-electron chi connectivity index (χ2n) is 4.43. The number of aromatic nitrogens is 3.